The van der Waals surface area contributed by atoms with Gasteiger partial charge in [-0.2, -0.15) is 13.2 Å². The van der Waals surface area contributed by atoms with E-state index in [1.54, 1.807) is 12.1 Å². The molecule has 0 fully saturated rings. The summed E-state index contributed by atoms with van der Waals surface area (Å²) in [5.41, 5.74) is 1.51. The Kier molecular flexibility index (Phi) is 6.33. The minimum atomic E-state index is -4.21. The monoisotopic (exact) mass is 289 g/mol. The number of halogens is 3. The Labute approximate surface area is 118 Å². The van der Waals surface area contributed by atoms with Crippen molar-refractivity contribution < 1.29 is 17.9 Å². The van der Waals surface area contributed by atoms with E-state index in [1.807, 2.05) is 26.8 Å². The third-order valence-electron chi connectivity index (χ3n) is 2.92. The van der Waals surface area contributed by atoms with Gasteiger partial charge in [-0.1, -0.05) is 24.6 Å². The van der Waals surface area contributed by atoms with Crippen LogP contribution in [0.3, 0.4) is 0 Å². The van der Waals surface area contributed by atoms with Crippen molar-refractivity contribution in [3.63, 3.8) is 0 Å². The van der Waals surface area contributed by atoms with E-state index in [4.69, 9.17) is 4.74 Å². The maximum atomic E-state index is 12.8. The second-order valence-corrected chi connectivity index (χ2v) is 4.80. The Morgan fingerprint density at radius 2 is 1.95 bits per heavy atom. The fraction of sp³-hybridized carbons (Fsp3) is 0.600. The van der Waals surface area contributed by atoms with Crippen molar-refractivity contribution in [2.45, 2.75) is 45.8 Å². The standard InChI is InChI=1S/C15H22F3NO/c1-4-8-19-13(10-15(16,17)18)12-9-11(3)6-7-14(12)20-5-2/h6-7,9,13,19H,4-5,8,10H2,1-3H3. The van der Waals surface area contributed by atoms with Crippen molar-refractivity contribution in [1.82, 2.24) is 5.32 Å². The van der Waals surface area contributed by atoms with Gasteiger partial charge in [0.1, 0.15) is 5.75 Å². The number of hydrogen-bond donors (Lipinski definition) is 1. The quantitative estimate of drug-likeness (QED) is 0.804. The second-order valence-electron chi connectivity index (χ2n) is 4.80. The Hall–Kier alpha value is -1.23. The van der Waals surface area contributed by atoms with Gasteiger partial charge in [-0.05, 0) is 32.9 Å². The lowest BCUT2D eigenvalue weighted by molar-refractivity contribution is -0.140. The lowest BCUT2D eigenvalue weighted by atomic mass is 10.00. The van der Waals surface area contributed by atoms with Gasteiger partial charge < -0.3 is 10.1 Å². The zero-order valence-electron chi connectivity index (χ0n) is 12.2. The zero-order valence-corrected chi connectivity index (χ0v) is 12.2. The number of nitrogens with one attached hydrogen (secondary N) is 1. The van der Waals surface area contributed by atoms with Gasteiger partial charge in [-0.25, -0.2) is 0 Å². The summed E-state index contributed by atoms with van der Waals surface area (Å²) >= 11 is 0. The van der Waals surface area contributed by atoms with E-state index < -0.39 is 18.6 Å². The summed E-state index contributed by atoms with van der Waals surface area (Å²) in [6.45, 7) is 6.59. The van der Waals surface area contributed by atoms with Gasteiger partial charge in [-0.3, -0.25) is 0 Å². The van der Waals surface area contributed by atoms with Gasteiger partial charge >= 0.3 is 6.18 Å². The van der Waals surface area contributed by atoms with Crippen LogP contribution < -0.4 is 10.1 Å². The zero-order chi connectivity index (χ0) is 15.2. The average Bonchev–Trinajstić information content (AvgIpc) is 2.35. The van der Waals surface area contributed by atoms with Crippen LogP contribution in [0.1, 0.15) is 43.9 Å². The molecule has 0 aromatic heterocycles. The molecule has 0 aliphatic rings. The van der Waals surface area contributed by atoms with Gasteiger partial charge in [0.25, 0.3) is 0 Å². The molecule has 2 nitrogen and oxygen atoms in total. The molecule has 0 aliphatic carbocycles. The average molecular weight is 289 g/mol. The first-order chi connectivity index (χ1) is 9.37. The summed E-state index contributed by atoms with van der Waals surface area (Å²) < 4.78 is 43.7. The molecular weight excluding hydrogens is 267 g/mol. The van der Waals surface area contributed by atoms with Crippen molar-refractivity contribution in [2.24, 2.45) is 0 Å². The number of aryl methyl sites for hydroxylation is 1. The van der Waals surface area contributed by atoms with Crippen molar-refractivity contribution in [3.8, 4) is 5.75 Å². The fourth-order valence-corrected chi connectivity index (χ4v) is 2.07. The second kappa shape index (κ2) is 7.53. The molecule has 5 heteroatoms. The number of rotatable bonds is 7. The lowest BCUT2D eigenvalue weighted by Crippen LogP contribution is -2.28. The van der Waals surface area contributed by atoms with E-state index in [-0.39, 0.29) is 0 Å². The summed E-state index contributed by atoms with van der Waals surface area (Å²) in [5, 5.41) is 2.97. The number of hydrogen-bond acceptors (Lipinski definition) is 2. The van der Waals surface area contributed by atoms with Crippen LogP contribution in [-0.4, -0.2) is 19.3 Å². The van der Waals surface area contributed by atoms with Gasteiger partial charge in [0.15, 0.2) is 0 Å². The molecule has 0 saturated carbocycles. The van der Waals surface area contributed by atoms with Gasteiger partial charge in [0, 0.05) is 11.6 Å². The van der Waals surface area contributed by atoms with Gasteiger partial charge in [-0.15, -0.1) is 0 Å². The normalized spacial score (nSPS) is 13.3. The van der Waals surface area contributed by atoms with Gasteiger partial charge in [0.05, 0.1) is 13.0 Å². The van der Waals surface area contributed by atoms with Crippen LogP contribution in [0.2, 0.25) is 0 Å². The molecule has 0 spiro atoms. The fourth-order valence-electron chi connectivity index (χ4n) is 2.07. The molecular formula is C15H22F3NO. The Balaban J connectivity index is 3.06. The van der Waals surface area contributed by atoms with Crippen molar-refractivity contribution >= 4 is 0 Å². The van der Waals surface area contributed by atoms with Crippen LogP contribution >= 0.6 is 0 Å². The molecule has 0 radical (unpaired) electrons. The van der Waals surface area contributed by atoms with Crippen LogP contribution in [0.15, 0.2) is 18.2 Å². The molecule has 1 aromatic carbocycles. The highest BCUT2D eigenvalue weighted by atomic mass is 19.4. The van der Waals surface area contributed by atoms with E-state index >= 15 is 0 Å². The first-order valence-corrected chi connectivity index (χ1v) is 6.90. The highest BCUT2D eigenvalue weighted by molar-refractivity contribution is 5.39. The first-order valence-electron chi connectivity index (χ1n) is 6.90. The Morgan fingerprint density at radius 3 is 2.50 bits per heavy atom. The van der Waals surface area contributed by atoms with Crippen molar-refractivity contribution in [1.29, 1.82) is 0 Å². The lowest BCUT2D eigenvalue weighted by Gasteiger charge is -2.23. The molecule has 1 aromatic rings. The first kappa shape index (κ1) is 16.8. The predicted octanol–water partition coefficient (Wildman–Crippen LogP) is 4.39. The molecule has 20 heavy (non-hydrogen) atoms. The summed E-state index contributed by atoms with van der Waals surface area (Å²) in [4.78, 5) is 0. The minimum absolute atomic E-state index is 0.433. The molecule has 1 N–H and O–H groups in total. The molecule has 0 bridgehead atoms. The van der Waals surface area contributed by atoms with Gasteiger partial charge in [0.2, 0.25) is 0 Å². The molecule has 0 heterocycles. The summed E-state index contributed by atoms with van der Waals surface area (Å²) in [6, 6.07) is 4.59. The maximum absolute atomic E-state index is 12.8. The number of benzene rings is 1. The highest BCUT2D eigenvalue weighted by Crippen LogP contribution is 2.34. The molecule has 1 rings (SSSR count). The summed E-state index contributed by atoms with van der Waals surface area (Å²) in [7, 11) is 0. The van der Waals surface area contributed by atoms with Crippen LogP contribution in [0.4, 0.5) is 13.2 Å². The summed E-state index contributed by atoms with van der Waals surface area (Å²) in [6.07, 6.45) is -4.32. The molecule has 1 unspecified atom stereocenters. The largest absolute Gasteiger partial charge is 0.494 e. The molecule has 0 amide bonds. The van der Waals surface area contributed by atoms with E-state index in [9.17, 15) is 13.2 Å². The predicted molar refractivity (Wildman–Crippen MR) is 74.1 cm³/mol. The van der Waals surface area contributed by atoms with Crippen molar-refractivity contribution in [3.05, 3.63) is 29.3 Å². The van der Waals surface area contributed by atoms with Crippen molar-refractivity contribution in [2.75, 3.05) is 13.2 Å². The molecule has 1 atom stereocenters. The van der Waals surface area contributed by atoms with E-state index in [1.165, 1.54) is 0 Å². The number of ether oxygens (including phenoxy) is 1. The molecule has 0 saturated heterocycles. The third kappa shape index (κ3) is 5.41. The Bertz CT molecular complexity index is 418. The van der Waals surface area contributed by atoms with E-state index in [2.05, 4.69) is 5.32 Å². The van der Waals surface area contributed by atoms with E-state index in [0.29, 0.717) is 24.5 Å². The molecule has 0 aliphatic heterocycles. The summed E-state index contributed by atoms with van der Waals surface area (Å²) in [5.74, 6) is 0.524. The number of alkyl halides is 3. The SMILES string of the molecule is CCCNC(CC(F)(F)F)c1cc(C)ccc1OCC. The minimum Gasteiger partial charge on any atom is -0.494 e. The smallest absolute Gasteiger partial charge is 0.390 e. The van der Waals surface area contributed by atoms with Crippen LogP contribution in [0.25, 0.3) is 0 Å². The topological polar surface area (TPSA) is 21.3 Å². The molecule has 114 valence electrons. The maximum Gasteiger partial charge on any atom is 0.390 e. The Morgan fingerprint density at radius 1 is 1.25 bits per heavy atom. The van der Waals surface area contributed by atoms with Crippen LogP contribution in [0, 0.1) is 6.92 Å². The third-order valence-corrected chi connectivity index (χ3v) is 2.92. The van der Waals surface area contributed by atoms with E-state index in [0.717, 1.165) is 12.0 Å². The highest BCUT2D eigenvalue weighted by Gasteiger charge is 2.33. The van der Waals surface area contributed by atoms with Crippen LogP contribution in [-0.2, 0) is 0 Å². The van der Waals surface area contributed by atoms with Crippen LogP contribution in [0.5, 0.6) is 5.75 Å².